The molecule has 1 fully saturated rings. The fourth-order valence-electron chi connectivity index (χ4n) is 3.23. The van der Waals surface area contributed by atoms with E-state index in [2.05, 4.69) is 48.5 Å². The maximum absolute atomic E-state index is 11.8. The van der Waals surface area contributed by atoms with E-state index in [4.69, 9.17) is 0 Å². The highest BCUT2D eigenvalue weighted by molar-refractivity contribution is 5.84. The zero-order valence-electron chi connectivity index (χ0n) is 16.5. The predicted octanol–water partition coefficient (Wildman–Crippen LogP) is 1.53. The zero-order valence-corrected chi connectivity index (χ0v) is 16.5. The van der Waals surface area contributed by atoms with E-state index in [9.17, 15) is 4.79 Å². The topological polar surface area (TPSA) is 60.0 Å². The van der Waals surface area contributed by atoms with Crippen molar-refractivity contribution in [1.82, 2.24) is 20.4 Å². The van der Waals surface area contributed by atoms with Crippen LogP contribution < -0.4 is 10.6 Å². The number of nitrogens with zero attached hydrogens (tertiary/aromatic N) is 3. The summed E-state index contributed by atoms with van der Waals surface area (Å²) in [6, 6.07) is 0.332. The number of guanidine groups is 1. The number of carbonyl (C=O) groups is 1. The van der Waals surface area contributed by atoms with E-state index in [1.807, 2.05) is 0 Å². The highest BCUT2D eigenvalue weighted by Gasteiger charge is 2.34. The minimum absolute atomic E-state index is 0.0177. The normalized spacial score (nSPS) is 18.5. The molecule has 0 aromatic rings. The van der Waals surface area contributed by atoms with Crippen molar-refractivity contribution < 1.29 is 4.79 Å². The van der Waals surface area contributed by atoms with Crippen molar-refractivity contribution in [2.45, 2.75) is 52.0 Å². The number of likely N-dealkylation sites (N-methyl/N-ethyl adjacent to an activating group) is 1. The molecule has 1 unspecified atom stereocenters. The Morgan fingerprint density at radius 2 is 1.83 bits per heavy atom. The molecule has 1 amide bonds. The zero-order chi connectivity index (χ0) is 18.2. The molecule has 0 aromatic carbocycles. The average Bonchev–Trinajstić information content (AvgIpc) is 2.97. The van der Waals surface area contributed by atoms with Crippen molar-refractivity contribution in [3.05, 3.63) is 0 Å². The Labute approximate surface area is 148 Å². The molecular weight excluding hydrogens is 302 g/mol. The minimum atomic E-state index is 0.0177. The summed E-state index contributed by atoms with van der Waals surface area (Å²) in [6.07, 6.45) is 6.14. The summed E-state index contributed by atoms with van der Waals surface area (Å²) < 4.78 is 0. The fraction of sp³-hybridized carbons (Fsp3) is 0.889. The Hall–Kier alpha value is -1.30. The lowest BCUT2D eigenvalue weighted by atomic mass is 9.85. The number of hydrogen-bond donors (Lipinski definition) is 2. The van der Waals surface area contributed by atoms with Gasteiger partial charge in [0.05, 0.1) is 0 Å². The SMILES string of the molecule is CCC(C)NC(=NCC(=O)N(C)C)NCC1(CN(C)C)CCCC1. The number of carbonyl (C=O) groups excluding carboxylic acids is 1. The molecule has 6 heteroatoms. The maximum Gasteiger partial charge on any atom is 0.243 e. The van der Waals surface area contributed by atoms with Gasteiger partial charge in [-0.3, -0.25) is 4.79 Å². The average molecular weight is 340 g/mol. The molecule has 0 heterocycles. The second kappa shape index (κ2) is 9.87. The first-order chi connectivity index (χ1) is 11.3. The fourth-order valence-corrected chi connectivity index (χ4v) is 3.23. The molecule has 1 aliphatic carbocycles. The van der Waals surface area contributed by atoms with Crippen LogP contribution in [0.4, 0.5) is 0 Å². The van der Waals surface area contributed by atoms with Gasteiger partial charge in [-0.15, -0.1) is 0 Å². The first kappa shape index (κ1) is 20.7. The van der Waals surface area contributed by atoms with Gasteiger partial charge in [0.1, 0.15) is 6.54 Å². The molecule has 1 aliphatic rings. The lowest BCUT2D eigenvalue weighted by Crippen LogP contribution is -2.48. The lowest BCUT2D eigenvalue weighted by molar-refractivity contribution is -0.127. The van der Waals surface area contributed by atoms with E-state index >= 15 is 0 Å². The largest absolute Gasteiger partial charge is 0.356 e. The van der Waals surface area contributed by atoms with Crippen LogP contribution in [-0.4, -0.2) is 75.5 Å². The number of nitrogens with one attached hydrogen (secondary N) is 2. The highest BCUT2D eigenvalue weighted by Crippen LogP contribution is 2.37. The molecule has 0 bridgehead atoms. The van der Waals surface area contributed by atoms with Gasteiger partial charge < -0.3 is 20.4 Å². The van der Waals surface area contributed by atoms with Gasteiger partial charge in [-0.2, -0.15) is 0 Å². The number of hydrogen-bond acceptors (Lipinski definition) is 3. The lowest BCUT2D eigenvalue weighted by Gasteiger charge is -2.33. The number of rotatable bonds is 8. The van der Waals surface area contributed by atoms with E-state index in [0.717, 1.165) is 25.5 Å². The van der Waals surface area contributed by atoms with Gasteiger partial charge in [0.25, 0.3) is 0 Å². The van der Waals surface area contributed by atoms with Gasteiger partial charge >= 0.3 is 0 Å². The van der Waals surface area contributed by atoms with Crippen LogP contribution in [0.3, 0.4) is 0 Å². The van der Waals surface area contributed by atoms with Crippen LogP contribution in [0.25, 0.3) is 0 Å². The molecule has 1 atom stereocenters. The molecule has 0 spiro atoms. The summed E-state index contributed by atoms with van der Waals surface area (Å²) in [5.41, 5.74) is 0.312. The van der Waals surface area contributed by atoms with Crippen LogP contribution in [0.2, 0.25) is 0 Å². The van der Waals surface area contributed by atoms with Gasteiger partial charge in [-0.1, -0.05) is 19.8 Å². The Kier molecular flexibility index (Phi) is 8.53. The Morgan fingerprint density at radius 1 is 1.21 bits per heavy atom. The summed E-state index contributed by atoms with van der Waals surface area (Å²) in [4.78, 5) is 20.2. The third-order valence-electron chi connectivity index (χ3n) is 4.81. The van der Waals surface area contributed by atoms with E-state index < -0.39 is 0 Å². The molecule has 6 nitrogen and oxygen atoms in total. The van der Waals surface area contributed by atoms with Gasteiger partial charge in [0.2, 0.25) is 5.91 Å². The van der Waals surface area contributed by atoms with Crippen molar-refractivity contribution in [2.75, 3.05) is 47.8 Å². The number of amides is 1. The molecule has 24 heavy (non-hydrogen) atoms. The molecule has 140 valence electrons. The van der Waals surface area contributed by atoms with Gasteiger partial charge in [0.15, 0.2) is 5.96 Å². The van der Waals surface area contributed by atoms with Crippen LogP contribution >= 0.6 is 0 Å². The van der Waals surface area contributed by atoms with Crippen molar-refractivity contribution >= 4 is 11.9 Å². The molecule has 0 aliphatic heterocycles. The quantitative estimate of drug-likeness (QED) is 0.520. The standard InChI is InChI=1S/C18H37N5O/c1-7-15(2)21-17(19-12-16(24)23(5)6)20-13-18(14-22(3)4)10-8-9-11-18/h15H,7-14H2,1-6H3,(H2,19,20,21). The maximum atomic E-state index is 11.8. The summed E-state index contributed by atoms with van der Waals surface area (Å²) in [5, 5.41) is 6.92. The third-order valence-corrected chi connectivity index (χ3v) is 4.81. The predicted molar refractivity (Wildman–Crippen MR) is 101 cm³/mol. The molecule has 1 saturated carbocycles. The van der Waals surface area contributed by atoms with Crippen LogP contribution in [0.5, 0.6) is 0 Å². The van der Waals surface area contributed by atoms with Gasteiger partial charge in [-0.05, 0) is 40.3 Å². The molecule has 0 aromatic heterocycles. The smallest absolute Gasteiger partial charge is 0.243 e. The summed E-state index contributed by atoms with van der Waals surface area (Å²) >= 11 is 0. The van der Waals surface area contributed by atoms with Gasteiger partial charge in [0, 0.05) is 38.6 Å². The molecule has 0 radical (unpaired) electrons. The first-order valence-corrected chi connectivity index (χ1v) is 9.18. The summed E-state index contributed by atoms with van der Waals surface area (Å²) in [7, 11) is 7.81. The van der Waals surface area contributed by atoms with Crippen molar-refractivity contribution in [1.29, 1.82) is 0 Å². The summed E-state index contributed by atoms with van der Waals surface area (Å²) in [6.45, 7) is 6.46. The Morgan fingerprint density at radius 3 is 2.33 bits per heavy atom. The number of aliphatic imine (C=N–C) groups is 1. The highest BCUT2D eigenvalue weighted by atomic mass is 16.2. The molecule has 1 rings (SSSR count). The van der Waals surface area contributed by atoms with E-state index in [1.165, 1.54) is 25.7 Å². The van der Waals surface area contributed by atoms with Crippen molar-refractivity contribution in [3.8, 4) is 0 Å². The van der Waals surface area contributed by atoms with Crippen LogP contribution in [0.1, 0.15) is 46.0 Å². The second-order valence-corrected chi connectivity index (χ2v) is 7.71. The van der Waals surface area contributed by atoms with Crippen LogP contribution in [-0.2, 0) is 4.79 Å². The first-order valence-electron chi connectivity index (χ1n) is 9.18. The van der Waals surface area contributed by atoms with E-state index in [-0.39, 0.29) is 12.5 Å². The van der Waals surface area contributed by atoms with Crippen LogP contribution in [0, 0.1) is 5.41 Å². The monoisotopic (exact) mass is 339 g/mol. The molecule has 2 N–H and O–H groups in total. The van der Waals surface area contributed by atoms with Crippen LogP contribution in [0.15, 0.2) is 4.99 Å². The Balaban J connectivity index is 2.72. The van der Waals surface area contributed by atoms with E-state index in [1.54, 1.807) is 19.0 Å². The Bertz CT molecular complexity index is 414. The second-order valence-electron chi connectivity index (χ2n) is 7.71. The van der Waals surface area contributed by atoms with Crippen molar-refractivity contribution in [3.63, 3.8) is 0 Å². The van der Waals surface area contributed by atoms with E-state index in [0.29, 0.717) is 11.5 Å². The molecular formula is C18H37N5O. The minimum Gasteiger partial charge on any atom is -0.356 e. The summed E-state index contributed by atoms with van der Waals surface area (Å²) in [5.74, 6) is 0.772. The van der Waals surface area contributed by atoms with Gasteiger partial charge in [-0.25, -0.2) is 4.99 Å². The van der Waals surface area contributed by atoms with Crippen molar-refractivity contribution in [2.24, 2.45) is 10.4 Å². The molecule has 0 saturated heterocycles. The third kappa shape index (κ3) is 7.07.